The predicted octanol–water partition coefficient (Wildman–Crippen LogP) is 18.4. The van der Waals surface area contributed by atoms with Crippen molar-refractivity contribution in [3.63, 3.8) is 0 Å². The second-order valence-corrected chi connectivity index (χ2v) is 18.9. The maximum absolute atomic E-state index is 5.00. The number of nitrogens with zero attached hydrogens (tertiary/aromatic N) is 4. The average molecular weight is 903 g/mol. The van der Waals surface area contributed by atoms with Gasteiger partial charge in [-0.1, -0.05) is 226 Å². The molecular weight excluding hydrogens is 825 g/mol. The smallest absolute Gasteiger partial charge is 0.0965 e. The van der Waals surface area contributed by atoms with Crippen LogP contribution in [0.4, 0.5) is 11.4 Å². The van der Waals surface area contributed by atoms with Crippen molar-refractivity contribution < 1.29 is 0 Å². The van der Waals surface area contributed by atoms with Gasteiger partial charge in [-0.05, 0) is 83.3 Å². The molecule has 4 nitrogen and oxygen atoms in total. The Morgan fingerprint density at radius 2 is 0.706 bits per heavy atom. The fraction of sp³-hybridized carbons (Fsp3) is 0.375. The third-order valence-corrected chi connectivity index (χ3v) is 13.6. The summed E-state index contributed by atoms with van der Waals surface area (Å²) in [5.41, 5.74) is 14.1. The highest BCUT2D eigenvalue weighted by molar-refractivity contribution is 6.04. The van der Waals surface area contributed by atoms with Crippen LogP contribution in [-0.4, -0.2) is 36.1 Å². The van der Waals surface area contributed by atoms with Crippen LogP contribution in [0, 0.1) is 0 Å². The average Bonchev–Trinajstić information content (AvgIpc) is 3.39. The maximum Gasteiger partial charge on any atom is 0.0965 e. The van der Waals surface area contributed by atoms with E-state index in [9.17, 15) is 0 Å². The monoisotopic (exact) mass is 903 g/mol. The van der Waals surface area contributed by atoms with Gasteiger partial charge in [0.25, 0.3) is 0 Å². The van der Waals surface area contributed by atoms with Crippen LogP contribution < -0.4 is 9.80 Å². The Morgan fingerprint density at radius 1 is 0.353 bits per heavy atom. The summed E-state index contributed by atoms with van der Waals surface area (Å²) < 4.78 is 0. The first kappa shape index (κ1) is 49.9. The molecule has 4 heteroatoms. The lowest BCUT2D eigenvalue weighted by Gasteiger charge is -2.27. The molecule has 5 aromatic carbocycles. The van der Waals surface area contributed by atoms with E-state index in [1.165, 1.54) is 136 Å². The molecule has 7 aromatic rings. The standard InChI is InChI=1S/C64H78N4/c1-5-9-13-21-43-67(44-22-14-10-6-2)61-27-19-17-25-55(61)39-33-51-29-35-53(36-30-51)59-47-57-41-42-58-48-60(50-66-64(58)63(57)65-49-59)54-37-31-52(32-38-54)34-40-56-26-18-20-28-62(56)68(45-23-15-11-7-3)46-24-16-12-8-4/h17-20,25-42,47-50H,5-16,21-24,43-46H2,1-4H3. The van der Waals surface area contributed by atoms with Crippen LogP contribution in [0.15, 0.2) is 134 Å². The number of anilines is 2. The zero-order valence-electron chi connectivity index (χ0n) is 41.9. The summed E-state index contributed by atoms with van der Waals surface area (Å²) in [5, 5.41) is 2.19. The van der Waals surface area contributed by atoms with Crippen LogP contribution in [0.5, 0.6) is 0 Å². The maximum atomic E-state index is 5.00. The molecule has 0 N–H and O–H groups in total. The van der Waals surface area contributed by atoms with Gasteiger partial charge in [-0.25, -0.2) is 0 Å². The topological polar surface area (TPSA) is 32.3 Å². The Labute approximate surface area is 410 Å². The molecule has 0 aliphatic heterocycles. The first-order valence-electron chi connectivity index (χ1n) is 26.5. The number of para-hydroxylation sites is 2. The van der Waals surface area contributed by atoms with Gasteiger partial charge in [0.15, 0.2) is 0 Å². The highest BCUT2D eigenvalue weighted by atomic mass is 15.1. The van der Waals surface area contributed by atoms with Crippen molar-refractivity contribution in [3.8, 4) is 22.3 Å². The number of aromatic nitrogens is 2. The van der Waals surface area contributed by atoms with Gasteiger partial charge in [-0.3, -0.25) is 9.97 Å². The molecule has 2 aromatic heterocycles. The quantitative estimate of drug-likeness (QED) is 0.0279. The molecule has 0 spiro atoms. The van der Waals surface area contributed by atoms with E-state index in [0.29, 0.717) is 0 Å². The number of rotatable bonds is 28. The molecule has 0 fully saturated rings. The third kappa shape index (κ3) is 14.3. The Morgan fingerprint density at radius 3 is 1.06 bits per heavy atom. The number of hydrogen-bond acceptors (Lipinski definition) is 4. The number of fused-ring (bicyclic) bond motifs is 3. The molecular formula is C64H78N4. The number of hydrogen-bond donors (Lipinski definition) is 0. The second kappa shape index (κ2) is 27.1. The zero-order chi connectivity index (χ0) is 47.2. The molecule has 0 atom stereocenters. The lowest BCUT2D eigenvalue weighted by molar-refractivity contribution is 0.608. The third-order valence-electron chi connectivity index (χ3n) is 13.6. The van der Waals surface area contributed by atoms with Gasteiger partial charge in [-0.2, -0.15) is 0 Å². The fourth-order valence-electron chi connectivity index (χ4n) is 9.51. The Kier molecular flexibility index (Phi) is 19.9. The van der Waals surface area contributed by atoms with E-state index >= 15 is 0 Å². The summed E-state index contributed by atoms with van der Waals surface area (Å²) in [7, 11) is 0. The van der Waals surface area contributed by atoms with E-state index in [-0.39, 0.29) is 0 Å². The Balaban J connectivity index is 1.01. The number of unbranched alkanes of at least 4 members (excludes halogenated alkanes) is 12. The van der Waals surface area contributed by atoms with Crippen molar-refractivity contribution in [2.24, 2.45) is 0 Å². The van der Waals surface area contributed by atoms with Crippen molar-refractivity contribution in [3.05, 3.63) is 156 Å². The largest absolute Gasteiger partial charge is 0.371 e. The van der Waals surface area contributed by atoms with Gasteiger partial charge < -0.3 is 9.80 Å². The lowest BCUT2D eigenvalue weighted by atomic mass is 10.0. The first-order chi connectivity index (χ1) is 33.6. The van der Waals surface area contributed by atoms with E-state index in [1.54, 1.807) is 0 Å². The molecule has 0 radical (unpaired) electrons. The lowest BCUT2D eigenvalue weighted by Crippen LogP contribution is -2.26. The highest BCUT2D eigenvalue weighted by Crippen LogP contribution is 2.32. The summed E-state index contributed by atoms with van der Waals surface area (Å²) in [4.78, 5) is 15.3. The van der Waals surface area contributed by atoms with Crippen LogP contribution in [0.2, 0.25) is 0 Å². The summed E-state index contributed by atoms with van der Waals surface area (Å²) in [6, 6.07) is 44.5. The number of pyridine rings is 2. The van der Waals surface area contributed by atoms with Gasteiger partial charge in [0.1, 0.15) is 0 Å². The number of benzene rings is 5. The molecule has 0 aliphatic carbocycles. The van der Waals surface area contributed by atoms with Crippen LogP contribution in [0.25, 0.3) is 68.4 Å². The van der Waals surface area contributed by atoms with E-state index in [1.807, 2.05) is 12.4 Å². The molecule has 68 heavy (non-hydrogen) atoms. The minimum Gasteiger partial charge on any atom is -0.371 e. The van der Waals surface area contributed by atoms with Crippen LogP contribution in [-0.2, 0) is 0 Å². The van der Waals surface area contributed by atoms with Gasteiger partial charge in [0.05, 0.1) is 11.0 Å². The summed E-state index contributed by atoms with van der Waals surface area (Å²) in [6.07, 6.45) is 33.7. The van der Waals surface area contributed by atoms with Crippen molar-refractivity contribution in [1.82, 2.24) is 9.97 Å². The van der Waals surface area contributed by atoms with Crippen LogP contribution in [0.3, 0.4) is 0 Å². The zero-order valence-corrected chi connectivity index (χ0v) is 41.9. The van der Waals surface area contributed by atoms with Gasteiger partial charge in [0, 0.05) is 71.8 Å². The van der Waals surface area contributed by atoms with Crippen molar-refractivity contribution in [2.45, 2.75) is 130 Å². The Hall–Kier alpha value is -6.00. The molecule has 0 aliphatic rings. The van der Waals surface area contributed by atoms with Gasteiger partial charge >= 0.3 is 0 Å². The minimum atomic E-state index is 0.932. The SMILES string of the molecule is CCCCCCN(CCCCCC)c1ccccc1C=Cc1ccc(-c2cnc3c(ccc4cc(-c5ccc(C=Cc6ccccc6N(CCCCCC)CCCCCC)cc5)cnc43)c2)cc1. The van der Waals surface area contributed by atoms with Crippen molar-refractivity contribution in [1.29, 1.82) is 0 Å². The molecule has 0 unspecified atom stereocenters. The normalized spacial score (nSPS) is 11.7. The van der Waals surface area contributed by atoms with E-state index in [0.717, 1.165) is 70.2 Å². The molecule has 0 bridgehead atoms. The summed E-state index contributed by atoms with van der Waals surface area (Å²) in [6.45, 7) is 13.7. The molecule has 0 amide bonds. The highest BCUT2D eigenvalue weighted by Gasteiger charge is 2.13. The van der Waals surface area contributed by atoms with Gasteiger partial charge in [0.2, 0.25) is 0 Å². The molecule has 2 heterocycles. The summed E-state index contributed by atoms with van der Waals surface area (Å²) in [5.74, 6) is 0. The van der Waals surface area contributed by atoms with Crippen molar-refractivity contribution in [2.75, 3.05) is 36.0 Å². The van der Waals surface area contributed by atoms with Crippen LogP contribution in [0.1, 0.15) is 153 Å². The second-order valence-electron chi connectivity index (χ2n) is 18.9. The first-order valence-corrected chi connectivity index (χ1v) is 26.5. The van der Waals surface area contributed by atoms with E-state index in [2.05, 4.69) is 183 Å². The van der Waals surface area contributed by atoms with Crippen molar-refractivity contribution >= 4 is 57.5 Å². The summed E-state index contributed by atoms with van der Waals surface area (Å²) >= 11 is 0. The fourth-order valence-corrected chi connectivity index (χ4v) is 9.51. The molecule has 0 saturated carbocycles. The van der Waals surface area contributed by atoms with Gasteiger partial charge in [-0.15, -0.1) is 0 Å². The van der Waals surface area contributed by atoms with E-state index in [4.69, 9.17) is 9.97 Å². The molecule has 7 rings (SSSR count). The molecule has 0 saturated heterocycles. The van der Waals surface area contributed by atoms with E-state index < -0.39 is 0 Å². The van der Waals surface area contributed by atoms with Crippen LogP contribution >= 0.6 is 0 Å². The Bertz CT molecular complexity index is 2430. The minimum absolute atomic E-state index is 0.932. The predicted molar refractivity (Wildman–Crippen MR) is 300 cm³/mol. The molecule has 354 valence electrons.